The molecule has 0 amide bonds. The van der Waals surface area contributed by atoms with Gasteiger partial charge in [-0.1, -0.05) is 6.92 Å². The minimum absolute atomic E-state index is 0.254. The van der Waals surface area contributed by atoms with Crippen molar-refractivity contribution in [2.75, 3.05) is 6.54 Å². The van der Waals surface area contributed by atoms with E-state index in [0.29, 0.717) is 12.2 Å². The smallest absolute Gasteiger partial charge is 0.199 e. The van der Waals surface area contributed by atoms with E-state index in [4.69, 9.17) is 10.2 Å². The Labute approximate surface area is 88.5 Å². The average Bonchev–Trinajstić information content (AvgIpc) is 2.60. The van der Waals surface area contributed by atoms with Crippen LogP contribution in [0.25, 0.3) is 11.2 Å². The van der Waals surface area contributed by atoms with Gasteiger partial charge in [0.25, 0.3) is 0 Å². The van der Waals surface area contributed by atoms with Crippen LogP contribution in [-0.2, 0) is 0 Å². The molecule has 0 saturated heterocycles. The van der Waals surface area contributed by atoms with Crippen LogP contribution in [0.4, 0.5) is 0 Å². The monoisotopic (exact) mass is 205 g/mol. The maximum absolute atomic E-state index is 5.61. The van der Waals surface area contributed by atoms with E-state index >= 15 is 0 Å². The van der Waals surface area contributed by atoms with E-state index < -0.39 is 0 Å². The highest BCUT2D eigenvalue weighted by atomic mass is 16.3. The Balaban J connectivity index is 2.38. The van der Waals surface area contributed by atoms with Crippen LogP contribution in [0.2, 0.25) is 0 Å². The average molecular weight is 205 g/mol. The van der Waals surface area contributed by atoms with Crippen molar-refractivity contribution in [1.82, 2.24) is 9.97 Å². The fraction of sp³-hybridized carbons (Fsp3) is 0.455. The van der Waals surface area contributed by atoms with Gasteiger partial charge in [0, 0.05) is 11.6 Å². The number of oxazole rings is 1. The highest BCUT2D eigenvalue weighted by Crippen LogP contribution is 2.22. The molecular weight excluding hydrogens is 190 g/mol. The van der Waals surface area contributed by atoms with Gasteiger partial charge in [-0.15, -0.1) is 0 Å². The Hall–Kier alpha value is -1.42. The van der Waals surface area contributed by atoms with Gasteiger partial charge >= 0.3 is 0 Å². The van der Waals surface area contributed by atoms with Gasteiger partial charge in [0.15, 0.2) is 17.1 Å². The number of aryl methyl sites for hydroxylation is 1. The Morgan fingerprint density at radius 1 is 1.40 bits per heavy atom. The fourth-order valence-electron chi connectivity index (χ4n) is 1.51. The lowest BCUT2D eigenvalue weighted by atomic mass is 10.1. The molecule has 2 N–H and O–H groups in total. The molecule has 0 aliphatic heterocycles. The maximum Gasteiger partial charge on any atom is 0.199 e. The minimum Gasteiger partial charge on any atom is -0.439 e. The molecule has 0 aliphatic rings. The van der Waals surface area contributed by atoms with Crippen LogP contribution in [-0.4, -0.2) is 16.5 Å². The molecule has 0 bridgehead atoms. The standard InChI is InChI=1S/C11H15N3O/c1-7(5-6-12)11-14-10-9(15-11)4-3-8(2)13-10/h3-4,7H,5-6,12H2,1-2H3. The van der Waals surface area contributed by atoms with Gasteiger partial charge in [0.05, 0.1) is 0 Å². The highest BCUT2D eigenvalue weighted by Gasteiger charge is 2.13. The van der Waals surface area contributed by atoms with Crippen molar-refractivity contribution in [3.63, 3.8) is 0 Å². The molecule has 2 aromatic rings. The van der Waals surface area contributed by atoms with Crippen molar-refractivity contribution in [2.24, 2.45) is 5.73 Å². The van der Waals surface area contributed by atoms with Crippen LogP contribution in [0.15, 0.2) is 16.5 Å². The summed E-state index contributed by atoms with van der Waals surface area (Å²) in [4.78, 5) is 8.66. The van der Waals surface area contributed by atoms with Gasteiger partial charge in [0.2, 0.25) is 0 Å². The summed E-state index contributed by atoms with van der Waals surface area (Å²) in [6.45, 7) is 4.65. The van der Waals surface area contributed by atoms with E-state index in [0.717, 1.165) is 23.6 Å². The van der Waals surface area contributed by atoms with Gasteiger partial charge < -0.3 is 10.2 Å². The molecule has 0 aromatic carbocycles. The molecule has 15 heavy (non-hydrogen) atoms. The summed E-state index contributed by atoms with van der Waals surface area (Å²) in [6, 6.07) is 3.83. The summed E-state index contributed by atoms with van der Waals surface area (Å²) in [7, 11) is 0. The summed E-state index contributed by atoms with van der Waals surface area (Å²) in [5, 5.41) is 0. The molecule has 0 spiro atoms. The lowest BCUT2D eigenvalue weighted by molar-refractivity contribution is 0.473. The SMILES string of the molecule is Cc1ccc2oc(C(C)CCN)nc2n1. The van der Waals surface area contributed by atoms with Crippen LogP contribution in [0, 0.1) is 6.92 Å². The molecule has 1 unspecified atom stereocenters. The number of pyridine rings is 1. The van der Waals surface area contributed by atoms with E-state index in [1.54, 1.807) is 0 Å². The molecule has 0 saturated carbocycles. The molecule has 2 rings (SSSR count). The zero-order chi connectivity index (χ0) is 10.8. The zero-order valence-electron chi connectivity index (χ0n) is 9.03. The first-order valence-corrected chi connectivity index (χ1v) is 5.15. The molecule has 0 radical (unpaired) electrons. The van der Waals surface area contributed by atoms with Gasteiger partial charge in [-0.3, -0.25) is 0 Å². The number of rotatable bonds is 3. The molecule has 80 valence electrons. The van der Waals surface area contributed by atoms with Crippen molar-refractivity contribution in [1.29, 1.82) is 0 Å². The van der Waals surface area contributed by atoms with E-state index in [1.807, 2.05) is 19.1 Å². The molecule has 0 fully saturated rings. The molecule has 4 nitrogen and oxygen atoms in total. The van der Waals surface area contributed by atoms with Gasteiger partial charge in [-0.25, -0.2) is 4.98 Å². The normalized spacial score (nSPS) is 13.3. The summed E-state index contributed by atoms with van der Waals surface area (Å²) in [5.74, 6) is 0.984. The maximum atomic E-state index is 5.61. The Morgan fingerprint density at radius 2 is 2.20 bits per heavy atom. The molecule has 2 aromatic heterocycles. The summed E-state index contributed by atoms with van der Waals surface area (Å²) in [6.07, 6.45) is 0.881. The highest BCUT2D eigenvalue weighted by molar-refractivity contribution is 5.67. The van der Waals surface area contributed by atoms with Gasteiger partial charge in [0.1, 0.15) is 0 Å². The number of aromatic nitrogens is 2. The quantitative estimate of drug-likeness (QED) is 0.832. The second-order valence-corrected chi connectivity index (χ2v) is 3.80. The lowest BCUT2D eigenvalue weighted by Gasteiger charge is -2.02. The second kappa shape index (κ2) is 3.98. The van der Waals surface area contributed by atoms with Crippen LogP contribution in [0.5, 0.6) is 0 Å². The zero-order valence-corrected chi connectivity index (χ0v) is 9.03. The first kappa shape index (κ1) is 10.1. The van der Waals surface area contributed by atoms with E-state index in [1.165, 1.54) is 0 Å². The fourth-order valence-corrected chi connectivity index (χ4v) is 1.51. The van der Waals surface area contributed by atoms with Crippen LogP contribution >= 0.6 is 0 Å². The van der Waals surface area contributed by atoms with Crippen molar-refractivity contribution < 1.29 is 4.42 Å². The lowest BCUT2D eigenvalue weighted by Crippen LogP contribution is -2.04. The second-order valence-electron chi connectivity index (χ2n) is 3.80. The Bertz CT molecular complexity index is 464. The van der Waals surface area contributed by atoms with E-state index in [-0.39, 0.29) is 5.92 Å². The predicted octanol–water partition coefficient (Wildman–Crippen LogP) is 1.98. The topological polar surface area (TPSA) is 64.9 Å². The van der Waals surface area contributed by atoms with Crippen molar-refractivity contribution in [3.05, 3.63) is 23.7 Å². The first-order chi connectivity index (χ1) is 7.20. The van der Waals surface area contributed by atoms with Gasteiger partial charge in [-0.05, 0) is 32.0 Å². The third-order valence-corrected chi connectivity index (χ3v) is 2.43. The number of nitrogens with two attached hydrogens (primary N) is 1. The first-order valence-electron chi connectivity index (χ1n) is 5.15. The van der Waals surface area contributed by atoms with Crippen LogP contribution in [0.3, 0.4) is 0 Å². The van der Waals surface area contributed by atoms with Crippen molar-refractivity contribution in [3.8, 4) is 0 Å². The third kappa shape index (κ3) is 1.99. The summed E-state index contributed by atoms with van der Waals surface area (Å²) >= 11 is 0. The third-order valence-electron chi connectivity index (χ3n) is 2.43. The largest absolute Gasteiger partial charge is 0.439 e. The molecule has 2 heterocycles. The van der Waals surface area contributed by atoms with Crippen molar-refractivity contribution in [2.45, 2.75) is 26.2 Å². The summed E-state index contributed by atoms with van der Waals surface area (Å²) in [5.41, 5.74) is 7.89. The van der Waals surface area contributed by atoms with Crippen LogP contribution in [0.1, 0.15) is 30.8 Å². The van der Waals surface area contributed by atoms with E-state index in [9.17, 15) is 0 Å². The summed E-state index contributed by atoms with van der Waals surface area (Å²) < 4.78 is 5.61. The Kier molecular flexibility index (Phi) is 2.68. The van der Waals surface area contributed by atoms with Crippen molar-refractivity contribution >= 4 is 11.2 Å². The Morgan fingerprint density at radius 3 is 2.93 bits per heavy atom. The van der Waals surface area contributed by atoms with Gasteiger partial charge in [-0.2, -0.15) is 4.98 Å². The number of hydrogen-bond acceptors (Lipinski definition) is 4. The molecular formula is C11H15N3O. The van der Waals surface area contributed by atoms with E-state index in [2.05, 4.69) is 16.9 Å². The number of hydrogen-bond donors (Lipinski definition) is 1. The minimum atomic E-state index is 0.254. The molecule has 1 atom stereocenters. The molecule has 0 aliphatic carbocycles. The predicted molar refractivity (Wildman–Crippen MR) is 58.6 cm³/mol. The number of nitrogens with zero attached hydrogens (tertiary/aromatic N) is 2. The molecule has 4 heteroatoms. The number of fused-ring (bicyclic) bond motifs is 1. The van der Waals surface area contributed by atoms with Crippen LogP contribution < -0.4 is 5.73 Å².